The zero-order valence-corrected chi connectivity index (χ0v) is 14.2. The van der Waals surface area contributed by atoms with Crippen molar-refractivity contribution >= 4 is 37.6 Å². The molecule has 7 nitrogen and oxygen atoms in total. The lowest BCUT2D eigenvalue weighted by molar-refractivity contribution is 0.579. The molecule has 0 aliphatic heterocycles. The second-order valence-electron chi connectivity index (χ2n) is 5.78. The summed E-state index contributed by atoms with van der Waals surface area (Å²) in [7, 11) is -3.50. The van der Waals surface area contributed by atoms with Crippen molar-refractivity contribution in [2.45, 2.75) is 11.7 Å². The van der Waals surface area contributed by atoms with Crippen molar-refractivity contribution in [3.8, 4) is 0 Å². The van der Waals surface area contributed by atoms with E-state index in [1.165, 1.54) is 0 Å². The van der Waals surface area contributed by atoms with E-state index in [4.69, 9.17) is 5.73 Å². The summed E-state index contributed by atoms with van der Waals surface area (Å²) in [5, 5.41) is 0.758. The summed E-state index contributed by atoms with van der Waals surface area (Å²) in [6.45, 7) is 0.165. The van der Waals surface area contributed by atoms with Crippen molar-refractivity contribution in [3.05, 3.63) is 54.4 Å². The van der Waals surface area contributed by atoms with E-state index < -0.39 is 9.84 Å². The third-order valence-electron chi connectivity index (χ3n) is 3.93. The van der Waals surface area contributed by atoms with Crippen LogP contribution in [0.25, 0.3) is 21.9 Å². The minimum Gasteiger partial charge on any atom is -0.383 e. The zero-order valence-electron chi connectivity index (χ0n) is 13.4. The Labute approximate surface area is 144 Å². The number of nitrogens with zero attached hydrogens (tertiary/aromatic N) is 4. The second kappa shape index (κ2) is 5.52. The second-order valence-corrected chi connectivity index (χ2v) is 7.69. The Hall–Kier alpha value is -3.00. The van der Waals surface area contributed by atoms with Gasteiger partial charge in [-0.3, -0.25) is 0 Å². The normalized spacial score (nSPS) is 12.0. The monoisotopic (exact) mass is 353 g/mol. The standard InChI is InChI=1S/C17H15N5O2S/c1-25(23,24)17-20-13-8-4-5-9-14(13)22(17)10-15-19-12-7-3-2-6-11(12)16(18)21-15/h2-9H,10H2,1H3,(H2,18,19,21). The fourth-order valence-electron chi connectivity index (χ4n) is 2.85. The molecule has 2 heterocycles. The van der Waals surface area contributed by atoms with Gasteiger partial charge in [-0.05, 0) is 24.3 Å². The number of imidazole rings is 1. The van der Waals surface area contributed by atoms with Crippen LogP contribution < -0.4 is 5.73 Å². The average molecular weight is 353 g/mol. The summed E-state index contributed by atoms with van der Waals surface area (Å²) >= 11 is 0. The van der Waals surface area contributed by atoms with Crippen LogP contribution >= 0.6 is 0 Å². The molecule has 2 aromatic carbocycles. The number of nitrogens with two attached hydrogens (primary N) is 1. The summed E-state index contributed by atoms with van der Waals surface area (Å²) in [4.78, 5) is 13.1. The molecule has 0 aliphatic carbocycles. The molecule has 0 radical (unpaired) electrons. The summed E-state index contributed by atoms with van der Waals surface area (Å²) in [5.74, 6) is 0.801. The molecule has 0 bridgehead atoms. The van der Waals surface area contributed by atoms with Gasteiger partial charge in [0.2, 0.25) is 15.0 Å². The van der Waals surface area contributed by atoms with Gasteiger partial charge in [0.1, 0.15) is 5.82 Å². The Balaban J connectivity index is 1.91. The number of fused-ring (bicyclic) bond motifs is 2. The van der Waals surface area contributed by atoms with Crippen LogP contribution in [0.4, 0.5) is 5.82 Å². The fraction of sp³-hybridized carbons (Fsp3) is 0.118. The number of nitrogen functional groups attached to an aromatic ring is 1. The molecule has 0 spiro atoms. The van der Waals surface area contributed by atoms with Crippen molar-refractivity contribution in [2.75, 3.05) is 12.0 Å². The molecule has 25 heavy (non-hydrogen) atoms. The Morgan fingerprint density at radius 2 is 1.64 bits per heavy atom. The molecular formula is C17H15N5O2S. The Morgan fingerprint density at radius 3 is 2.40 bits per heavy atom. The maximum absolute atomic E-state index is 12.1. The van der Waals surface area contributed by atoms with Gasteiger partial charge in [0.05, 0.1) is 23.1 Å². The van der Waals surface area contributed by atoms with Gasteiger partial charge in [-0.2, -0.15) is 0 Å². The molecule has 0 unspecified atom stereocenters. The van der Waals surface area contributed by atoms with Crippen LogP contribution in [0.3, 0.4) is 0 Å². The van der Waals surface area contributed by atoms with Gasteiger partial charge in [0.15, 0.2) is 5.82 Å². The highest BCUT2D eigenvalue weighted by molar-refractivity contribution is 7.90. The number of hydrogen-bond donors (Lipinski definition) is 1. The van der Waals surface area contributed by atoms with Crippen LogP contribution in [-0.2, 0) is 16.4 Å². The molecule has 2 N–H and O–H groups in total. The van der Waals surface area contributed by atoms with E-state index in [0.717, 1.165) is 17.2 Å². The SMILES string of the molecule is CS(=O)(=O)c1nc2ccccc2n1Cc1nc(N)c2ccccc2n1. The maximum Gasteiger partial charge on any atom is 0.228 e. The van der Waals surface area contributed by atoms with Crippen LogP contribution in [0.15, 0.2) is 53.7 Å². The topological polar surface area (TPSA) is 104 Å². The van der Waals surface area contributed by atoms with E-state index in [9.17, 15) is 8.42 Å². The first-order valence-corrected chi connectivity index (χ1v) is 9.49. The molecule has 4 rings (SSSR count). The first kappa shape index (κ1) is 15.5. The lowest BCUT2D eigenvalue weighted by Crippen LogP contribution is -2.13. The van der Waals surface area contributed by atoms with E-state index in [0.29, 0.717) is 22.7 Å². The quantitative estimate of drug-likeness (QED) is 0.604. The molecule has 2 aromatic heterocycles. The van der Waals surface area contributed by atoms with Gasteiger partial charge < -0.3 is 10.3 Å². The Kier molecular flexibility index (Phi) is 3.43. The maximum atomic E-state index is 12.1. The average Bonchev–Trinajstić information content (AvgIpc) is 2.94. The van der Waals surface area contributed by atoms with E-state index in [1.807, 2.05) is 42.5 Å². The summed E-state index contributed by atoms with van der Waals surface area (Å²) in [5.41, 5.74) is 8.06. The van der Waals surface area contributed by atoms with Crippen molar-refractivity contribution in [3.63, 3.8) is 0 Å². The van der Waals surface area contributed by atoms with Crippen molar-refractivity contribution in [1.29, 1.82) is 0 Å². The number of para-hydroxylation sites is 3. The van der Waals surface area contributed by atoms with Gasteiger partial charge in [0.25, 0.3) is 0 Å². The molecule has 0 fully saturated rings. The number of anilines is 1. The van der Waals surface area contributed by atoms with E-state index in [1.54, 1.807) is 10.6 Å². The molecule has 0 saturated heterocycles. The third-order valence-corrected chi connectivity index (χ3v) is 4.90. The fourth-order valence-corrected chi connectivity index (χ4v) is 3.68. The van der Waals surface area contributed by atoms with Crippen LogP contribution in [0, 0.1) is 0 Å². The molecule has 0 amide bonds. The summed E-state index contributed by atoms with van der Waals surface area (Å²) in [6.07, 6.45) is 1.14. The number of rotatable bonds is 3. The van der Waals surface area contributed by atoms with Gasteiger partial charge in [-0.25, -0.2) is 23.4 Å². The van der Waals surface area contributed by atoms with E-state index >= 15 is 0 Å². The van der Waals surface area contributed by atoms with Gasteiger partial charge >= 0.3 is 0 Å². The van der Waals surface area contributed by atoms with Crippen molar-refractivity contribution in [2.24, 2.45) is 0 Å². The highest BCUT2D eigenvalue weighted by atomic mass is 32.2. The lowest BCUT2D eigenvalue weighted by atomic mass is 10.2. The van der Waals surface area contributed by atoms with Crippen LogP contribution in [0.2, 0.25) is 0 Å². The number of sulfone groups is 1. The highest BCUT2D eigenvalue weighted by Crippen LogP contribution is 2.22. The molecule has 8 heteroatoms. The van der Waals surface area contributed by atoms with Crippen LogP contribution in [0.1, 0.15) is 5.82 Å². The molecule has 0 saturated carbocycles. The summed E-state index contributed by atoms with van der Waals surface area (Å²) in [6, 6.07) is 14.7. The highest BCUT2D eigenvalue weighted by Gasteiger charge is 2.20. The van der Waals surface area contributed by atoms with Gasteiger partial charge in [0, 0.05) is 11.6 Å². The number of hydrogen-bond acceptors (Lipinski definition) is 6. The van der Waals surface area contributed by atoms with Gasteiger partial charge in [-0.1, -0.05) is 24.3 Å². The minimum atomic E-state index is -3.50. The lowest BCUT2D eigenvalue weighted by Gasteiger charge is -2.09. The molecular weight excluding hydrogens is 338 g/mol. The molecule has 0 aliphatic rings. The van der Waals surface area contributed by atoms with E-state index in [-0.39, 0.29) is 11.7 Å². The van der Waals surface area contributed by atoms with Gasteiger partial charge in [-0.15, -0.1) is 0 Å². The number of benzene rings is 2. The number of aromatic nitrogens is 4. The Bertz CT molecular complexity index is 1210. The van der Waals surface area contributed by atoms with Crippen LogP contribution in [0.5, 0.6) is 0 Å². The third kappa shape index (κ3) is 2.70. The first-order valence-electron chi connectivity index (χ1n) is 7.60. The minimum absolute atomic E-state index is 0.0102. The molecule has 4 aromatic rings. The summed E-state index contributed by atoms with van der Waals surface area (Å²) < 4.78 is 25.9. The Morgan fingerprint density at radius 1 is 0.960 bits per heavy atom. The molecule has 0 atom stereocenters. The van der Waals surface area contributed by atoms with Crippen LogP contribution in [-0.4, -0.2) is 34.2 Å². The molecule has 126 valence electrons. The van der Waals surface area contributed by atoms with E-state index in [2.05, 4.69) is 15.0 Å². The first-order chi connectivity index (χ1) is 11.9. The largest absolute Gasteiger partial charge is 0.383 e. The smallest absolute Gasteiger partial charge is 0.228 e. The predicted molar refractivity (Wildman–Crippen MR) is 95.9 cm³/mol. The van der Waals surface area contributed by atoms with Crippen molar-refractivity contribution < 1.29 is 8.42 Å². The predicted octanol–water partition coefficient (Wildman–Crippen LogP) is 2.01. The van der Waals surface area contributed by atoms with Crippen molar-refractivity contribution in [1.82, 2.24) is 19.5 Å². The zero-order chi connectivity index (χ0) is 17.6.